The number of carbonyl (C=O) groups is 2. The lowest BCUT2D eigenvalue weighted by Gasteiger charge is -2.23. The molecule has 14 heteroatoms. The minimum Gasteiger partial charge on any atom is -0.483 e. The van der Waals surface area contributed by atoms with Gasteiger partial charge < -0.3 is 10.1 Å². The second-order valence-electron chi connectivity index (χ2n) is 8.44. The fourth-order valence-electron chi connectivity index (χ4n) is 3.84. The van der Waals surface area contributed by atoms with Crippen LogP contribution in [0.4, 0.5) is 23.4 Å². The third-order valence-corrected chi connectivity index (χ3v) is 6.87. The number of H-pyrrole nitrogens is 1. The smallest absolute Gasteiger partial charge is 0.346 e. The van der Waals surface area contributed by atoms with Gasteiger partial charge in [0, 0.05) is 29.5 Å². The lowest BCUT2D eigenvalue weighted by atomic mass is 10.1. The normalized spacial score (nSPS) is 14.5. The number of hydrogen-bond acceptors (Lipinski definition) is 7. The van der Waals surface area contributed by atoms with Crippen molar-refractivity contribution < 1.29 is 31.9 Å². The van der Waals surface area contributed by atoms with Crippen LogP contribution in [0.2, 0.25) is 0 Å². The fraction of sp³-hybridized carbons (Fsp3) is 0.0741. The molecular formula is C27H17F4N5O4S. The number of thioether (sulfide) groups is 1. The molecule has 1 atom stereocenters. The van der Waals surface area contributed by atoms with E-state index in [0.29, 0.717) is 23.3 Å². The zero-order chi connectivity index (χ0) is 29.1. The number of hydrogen-bond donors (Lipinski definition) is 2. The van der Waals surface area contributed by atoms with E-state index < -0.39 is 58.3 Å². The van der Waals surface area contributed by atoms with Crippen molar-refractivity contribution in [1.82, 2.24) is 15.0 Å². The highest BCUT2D eigenvalue weighted by atomic mass is 32.2. The topological polar surface area (TPSA) is 117 Å². The Labute approximate surface area is 232 Å². The number of nitrogens with one attached hydrogen (secondary N) is 2. The summed E-state index contributed by atoms with van der Waals surface area (Å²) in [5, 5.41) is 6.69. The van der Waals surface area contributed by atoms with E-state index in [0.717, 1.165) is 16.8 Å². The molecule has 5 rings (SSSR count). The summed E-state index contributed by atoms with van der Waals surface area (Å²) in [4.78, 5) is 43.0. The number of nitrogens with zero attached hydrogens (tertiary/aromatic N) is 3. The Morgan fingerprint density at radius 2 is 1.68 bits per heavy atom. The molecule has 208 valence electrons. The summed E-state index contributed by atoms with van der Waals surface area (Å²) in [6.07, 6.45) is 1.21. The van der Waals surface area contributed by atoms with Gasteiger partial charge in [0.05, 0.1) is 0 Å². The number of carbonyl (C=O) groups excluding carboxylic acids is 2. The third-order valence-electron chi connectivity index (χ3n) is 5.66. The minimum absolute atomic E-state index is 0.0932. The molecule has 1 aliphatic heterocycles. The number of hydrazone groups is 1. The molecule has 0 saturated heterocycles. The summed E-state index contributed by atoms with van der Waals surface area (Å²) >= 11 is 1.01. The number of benzene rings is 3. The summed E-state index contributed by atoms with van der Waals surface area (Å²) < 4.78 is 61.9. The van der Waals surface area contributed by atoms with Gasteiger partial charge >= 0.3 is 5.69 Å². The average molecular weight is 584 g/mol. The summed E-state index contributed by atoms with van der Waals surface area (Å²) in [6, 6.07) is 13.6. The van der Waals surface area contributed by atoms with Crippen LogP contribution < -0.4 is 15.7 Å². The minimum atomic E-state index is -1.42. The van der Waals surface area contributed by atoms with E-state index in [9.17, 15) is 31.9 Å². The van der Waals surface area contributed by atoms with Crippen LogP contribution in [0, 0.1) is 23.3 Å². The van der Waals surface area contributed by atoms with Crippen molar-refractivity contribution in [2.24, 2.45) is 5.10 Å². The van der Waals surface area contributed by atoms with Crippen LogP contribution in [0.15, 0.2) is 82.8 Å². The Bertz CT molecular complexity index is 1710. The first-order chi connectivity index (χ1) is 19.7. The van der Waals surface area contributed by atoms with Crippen LogP contribution in [-0.2, 0) is 4.79 Å². The van der Waals surface area contributed by atoms with Gasteiger partial charge in [-0.25, -0.2) is 32.3 Å². The van der Waals surface area contributed by atoms with Crippen LogP contribution in [0.3, 0.4) is 0 Å². The standard InChI is InChI=1S/C27H17F4N5O4S/c28-15-7-5-14(6-8-15)24-35-36(25(38)23-18(30)11-16(29)12-19(23)31)26(41-24)17-3-1-2-4-20(17)40-13-22(37)33-21-9-10-32-27(39)34-21/h1-12,26H,13H2,(H2,32,33,34,37,39). The summed E-state index contributed by atoms with van der Waals surface area (Å²) in [7, 11) is 0. The van der Waals surface area contributed by atoms with Crippen molar-refractivity contribution in [2.75, 3.05) is 11.9 Å². The first-order valence-corrected chi connectivity index (χ1v) is 12.6. The van der Waals surface area contributed by atoms with Gasteiger partial charge in [-0.15, -0.1) is 0 Å². The molecule has 0 aliphatic carbocycles. The quantitative estimate of drug-likeness (QED) is 0.308. The van der Waals surface area contributed by atoms with Crippen molar-refractivity contribution in [2.45, 2.75) is 5.37 Å². The Morgan fingerprint density at radius 1 is 0.976 bits per heavy atom. The maximum Gasteiger partial charge on any atom is 0.346 e. The molecule has 2 heterocycles. The SMILES string of the molecule is O=C(COc1ccccc1C1SC(c2ccc(F)cc2)=NN1C(=O)c1c(F)cc(F)cc1F)Nc1ccnc(=O)[nH]1. The maximum atomic E-state index is 14.6. The first-order valence-electron chi connectivity index (χ1n) is 11.8. The van der Waals surface area contributed by atoms with Gasteiger partial charge in [0.25, 0.3) is 11.8 Å². The van der Waals surface area contributed by atoms with E-state index in [2.05, 4.69) is 20.4 Å². The zero-order valence-corrected chi connectivity index (χ0v) is 21.4. The molecule has 4 aromatic rings. The Balaban J connectivity index is 1.46. The van der Waals surface area contributed by atoms with Gasteiger partial charge in [0.2, 0.25) is 0 Å². The lowest BCUT2D eigenvalue weighted by Crippen LogP contribution is -2.28. The molecule has 41 heavy (non-hydrogen) atoms. The molecule has 9 nitrogen and oxygen atoms in total. The van der Waals surface area contributed by atoms with E-state index >= 15 is 0 Å². The number of rotatable bonds is 7. The number of aromatic nitrogens is 2. The molecular weight excluding hydrogens is 566 g/mol. The van der Waals surface area contributed by atoms with Gasteiger partial charge in [-0.1, -0.05) is 30.0 Å². The van der Waals surface area contributed by atoms with Crippen molar-refractivity contribution in [3.8, 4) is 5.75 Å². The Morgan fingerprint density at radius 3 is 2.39 bits per heavy atom. The molecule has 0 spiro atoms. The highest BCUT2D eigenvalue weighted by Gasteiger charge is 2.38. The van der Waals surface area contributed by atoms with Gasteiger partial charge in [-0.05, 0) is 36.4 Å². The molecule has 1 aliphatic rings. The average Bonchev–Trinajstić information content (AvgIpc) is 3.37. The van der Waals surface area contributed by atoms with Crippen LogP contribution in [0.25, 0.3) is 0 Å². The van der Waals surface area contributed by atoms with E-state index in [1.54, 1.807) is 18.2 Å². The molecule has 0 bridgehead atoms. The monoisotopic (exact) mass is 583 g/mol. The van der Waals surface area contributed by atoms with Crippen LogP contribution in [0.1, 0.15) is 26.9 Å². The van der Waals surface area contributed by atoms with E-state index in [4.69, 9.17) is 4.74 Å². The maximum absolute atomic E-state index is 14.6. The second-order valence-corrected chi connectivity index (χ2v) is 9.51. The van der Waals surface area contributed by atoms with Crippen molar-refractivity contribution in [1.29, 1.82) is 0 Å². The summed E-state index contributed by atoms with van der Waals surface area (Å²) in [5.41, 5.74) is -0.964. The van der Waals surface area contributed by atoms with Gasteiger partial charge in [-0.2, -0.15) is 5.10 Å². The predicted octanol–water partition coefficient (Wildman–Crippen LogP) is 4.59. The summed E-state index contributed by atoms with van der Waals surface area (Å²) in [5.74, 6) is -6.16. The first kappa shape index (κ1) is 27.6. The van der Waals surface area contributed by atoms with Gasteiger partial charge in [-0.3, -0.25) is 14.6 Å². The van der Waals surface area contributed by atoms with Gasteiger partial charge in [0.1, 0.15) is 50.8 Å². The highest BCUT2D eigenvalue weighted by Crippen LogP contribution is 2.45. The van der Waals surface area contributed by atoms with Crippen LogP contribution in [-0.4, -0.2) is 38.4 Å². The third kappa shape index (κ3) is 6.11. The number of aromatic amines is 1. The molecule has 2 amide bonds. The number of halogens is 4. The number of para-hydroxylation sites is 1. The summed E-state index contributed by atoms with van der Waals surface area (Å²) in [6.45, 7) is -0.514. The second kappa shape index (κ2) is 11.6. The van der Waals surface area contributed by atoms with E-state index in [1.807, 2.05) is 0 Å². The molecule has 0 saturated carbocycles. The molecule has 1 unspecified atom stereocenters. The number of amides is 2. The highest BCUT2D eigenvalue weighted by molar-refractivity contribution is 8.14. The van der Waals surface area contributed by atoms with Crippen molar-refractivity contribution in [3.63, 3.8) is 0 Å². The molecule has 2 N–H and O–H groups in total. The van der Waals surface area contributed by atoms with E-state index in [-0.39, 0.29) is 16.6 Å². The predicted molar refractivity (Wildman–Crippen MR) is 141 cm³/mol. The van der Waals surface area contributed by atoms with Gasteiger partial charge in [0.15, 0.2) is 6.61 Å². The Hall–Kier alpha value is -4.98. The molecule has 0 radical (unpaired) electrons. The number of anilines is 1. The van der Waals surface area contributed by atoms with E-state index in [1.165, 1.54) is 42.6 Å². The number of ether oxygens (including phenoxy) is 1. The van der Waals surface area contributed by atoms with Crippen molar-refractivity contribution >= 4 is 34.4 Å². The lowest BCUT2D eigenvalue weighted by molar-refractivity contribution is -0.118. The fourth-order valence-corrected chi connectivity index (χ4v) is 5.03. The molecule has 3 aromatic carbocycles. The zero-order valence-electron chi connectivity index (χ0n) is 20.6. The molecule has 0 fully saturated rings. The van der Waals surface area contributed by atoms with Crippen molar-refractivity contribution in [3.05, 3.63) is 123 Å². The van der Waals surface area contributed by atoms with Crippen LogP contribution >= 0.6 is 11.8 Å². The Kier molecular flexibility index (Phi) is 7.83. The van der Waals surface area contributed by atoms with Crippen LogP contribution in [0.5, 0.6) is 5.75 Å². The largest absolute Gasteiger partial charge is 0.483 e. The molecule has 1 aromatic heterocycles.